The van der Waals surface area contributed by atoms with Gasteiger partial charge in [-0.25, -0.2) is 13.1 Å². The predicted octanol–water partition coefficient (Wildman–Crippen LogP) is 4.35. The molecule has 2 aliphatic heterocycles. The lowest BCUT2D eigenvalue weighted by molar-refractivity contribution is 0.102. The minimum absolute atomic E-state index is 0.225. The van der Waals surface area contributed by atoms with Gasteiger partial charge in [0.1, 0.15) is 5.82 Å². The first-order valence-electron chi connectivity index (χ1n) is 11.1. The van der Waals surface area contributed by atoms with Gasteiger partial charge in [0.05, 0.1) is 16.3 Å². The molecular formula is C24H26N4O3S2. The van der Waals surface area contributed by atoms with Gasteiger partial charge in [-0.15, -0.1) is 0 Å². The van der Waals surface area contributed by atoms with E-state index in [9.17, 15) is 13.2 Å². The number of carbonyl (C=O) groups is 1. The maximum atomic E-state index is 13.1. The number of nitrogens with zero attached hydrogens (tertiary/aromatic N) is 3. The zero-order chi connectivity index (χ0) is 23.0. The molecule has 3 heterocycles. The SMILES string of the molecule is Cc1ccccc1-n1nc2c(c1NC(=O)c1ccc(S(=O)(=O)N3CCCCC3)cc1)CSC2. The monoisotopic (exact) mass is 482 g/mol. The Morgan fingerprint density at radius 3 is 2.45 bits per heavy atom. The summed E-state index contributed by atoms with van der Waals surface area (Å²) in [6, 6.07) is 14.1. The number of nitrogens with one attached hydrogen (secondary N) is 1. The van der Waals surface area contributed by atoms with Gasteiger partial charge in [0.2, 0.25) is 10.0 Å². The minimum atomic E-state index is -3.53. The van der Waals surface area contributed by atoms with E-state index in [1.54, 1.807) is 23.9 Å². The highest BCUT2D eigenvalue weighted by Gasteiger charge is 2.27. The Hall–Kier alpha value is -2.62. The molecule has 1 aromatic heterocycles. The summed E-state index contributed by atoms with van der Waals surface area (Å²) in [4.78, 5) is 13.3. The van der Waals surface area contributed by atoms with Gasteiger partial charge in [-0.3, -0.25) is 4.79 Å². The molecule has 1 saturated heterocycles. The number of anilines is 1. The summed E-state index contributed by atoms with van der Waals surface area (Å²) in [5.41, 5.74) is 4.43. The summed E-state index contributed by atoms with van der Waals surface area (Å²) < 4.78 is 29.1. The molecule has 0 saturated carbocycles. The van der Waals surface area contributed by atoms with Gasteiger partial charge in [0.15, 0.2) is 0 Å². The van der Waals surface area contributed by atoms with Crippen molar-refractivity contribution in [2.24, 2.45) is 0 Å². The molecule has 5 rings (SSSR count). The number of fused-ring (bicyclic) bond motifs is 1. The second kappa shape index (κ2) is 8.96. The number of aromatic nitrogens is 2. The van der Waals surface area contributed by atoms with E-state index >= 15 is 0 Å². The van der Waals surface area contributed by atoms with Gasteiger partial charge in [0.25, 0.3) is 5.91 Å². The van der Waals surface area contributed by atoms with Crippen molar-refractivity contribution in [2.45, 2.75) is 42.6 Å². The van der Waals surface area contributed by atoms with Crippen LogP contribution in [0, 0.1) is 6.92 Å². The Bertz CT molecular complexity index is 1290. The molecule has 9 heteroatoms. The number of hydrogen-bond donors (Lipinski definition) is 1. The molecule has 1 fully saturated rings. The zero-order valence-corrected chi connectivity index (χ0v) is 20.1. The molecule has 0 spiro atoms. The van der Waals surface area contributed by atoms with Crippen LogP contribution in [0.2, 0.25) is 0 Å². The normalized spacial score (nSPS) is 16.5. The molecule has 0 atom stereocenters. The van der Waals surface area contributed by atoms with E-state index in [1.165, 1.54) is 16.4 Å². The number of hydrogen-bond acceptors (Lipinski definition) is 5. The summed E-state index contributed by atoms with van der Waals surface area (Å²) in [7, 11) is -3.53. The van der Waals surface area contributed by atoms with E-state index in [0.717, 1.165) is 53.3 Å². The van der Waals surface area contributed by atoms with Gasteiger partial charge in [-0.1, -0.05) is 24.6 Å². The van der Waals surface area contributed by atoms with E-state index < -0.39 is 10.0 Å². The average molecular weight is 483 g/mol. The number of piperidine rings is 1. The van der Waals surface area contributed by atoms with Gasteiger partial charge in [-0.2, -0.15) is 21.2 Å². The minimum Gasteiger partial charge on any atom is -0.306 e. The van der Waals surface area contributed by atoms with Crippen molar-refractivity contribution in [3.05, 3.63) is 70.9 Å². The molecule has 7 nitrogen and oxygen atoms in total. The first-order chi connectivity index (χ1) is 15.9. The Kier molecular flexibility index (Phi) is 6.03. The standard InChI is InChI=1S/C24H26N4O3S2/c1-17-7-3-4-8-22(17)28-23(20-15-32-16-21(20)26-28)25-24(29)18-9-11-19(12-10-18)33(30,31)27-13-5-2-6-14-27/h3-4,7-12H,2,5-6,13-16H2,1H3,(H,25,29). The molecule has 0 radical (unpaired) electrons. The number of carbonyl (C=O) groups excluding carboxylic acids is 1. The molecule has 3 aromatic rings. The Balaban J connectivity index is 1.41. The van der Waals surface area contributed by atoms with Gasteiger partial charge in [-0.05, 0) is 55.7 Å². The van der Waals surface area contributed by atoms with E-state index in [1.807, 2.05) is 35.9 Å². The van der Waals surface area contributed by atoms with E-state index in [0.29, 0.717) is 24.5 Å². The number of thioether (sulfide) groups is 1. The lowest BCUT2D eigenvalue weighted by Gasteiger charge is -2.25. The quantitative estimate of drug-likeness (QED) is 0.584. The summed E-state index contributed by atoms with van der Waals surface area (Å²) >= 11 is 1.77. The molecule has 0 unspecified atom stereocenters. The summed E-state index contributed by atoms with van der Waals surface area (Å²) in [5.74, 6) is 2.01. The Morgan fingerprint density at radius 2 is 1.73 bits per heavy atom. The number of para-hydroxylation sites is 1. The van der Waals surface area contributed by atoms with Crippen molar-refractivity contribution < 1.29 is 13.2 Å². The molecule has 172 valence electrons. The second-order valence-electron chi connectivity index (χ2n) is 8.41. The van der Waals surface area contributed by atoms with Crippen LogP contribution in [0.1, 0.15) is 46.4 Å². The highest BCUT2D eigenvalue weighted by Crippen LogP contribution is 2.36. The third-order valence-electron chi connectivity index (χ3n) is 6.20. The lowest BCUT2D eigenvalue weighted by Crippen LogP contribution is -2.35. The van der Waals surface area contributed by atoms with Crippen molar-refractivity contribution in [2.75, 3.05) is 18.4 Å². The van der Waals surface area contributed by atoms with E-state index in [2.05, 4.69) is 5.32 Å². The predicted molar refractivity (Wildman–Crippen MR) is 130 cm³/mol. The van der Waals surface area contributed by atoms with Crippen LogP contribution in [0.25, 0.3) is 5.69 Å². The summed E-state index contributed by atoms with van der Waals surface area (Å²) in [6.07, 6.45) is 2.83. The Morgan fingerprint density at radius 1 is 1.00 bits per heavy atom. The lowest BCUT2D eigenvalue weighted by atomic mass is 10.2. The van der Waals surface area contributed by atoms with Crippen molar-refractivity contribution in [3.8, 4) is 5.69 Å². The Labute approximate surface area is 198 Å². The molecule has 1 N–H and O–H groups in total. The van der Waals surface area contributed by atoms with Gasteiger partial charge < -0.3 is 5.32 Å². The van der Waals surface area contributed by atoms with Gasteiger partial charge in [0, 0.05) is 35.7 Å². The van der Waals surface area contributed by atoms with Crippen LogP contribution in [0.4, 0.5) is 5.82 Å². The maximum Gasteiger partial charge on any atom is 0.256 e. The number of benzene rings is 2. The van der Waals surface area contributed by atoms with Gasteiger partial charge >= 0.3 is 0 Å². The first-order valence-corrected chi connectivity index (χ1v) is 13.7. The van der Waals surface area contributed by atoms with Crippen LogP contribution in [-0.4, -0.2) is 41.5 Å². The molecular weight excluding hydrogens is 456 g/mol. The molecule has 1 amide bonds. The molecule has 0 aliphatic carbocycles. The summed E-state index contributed by atoms with van der Waals surface area (Å²) in [6.45, 7) is 3.12. The third kappa shape index (κ3) is 4.20. The number of sulfonamides is 1. The highest BCUT2D eigenvalue weighted by molar-refractivity contribution is 7.98. The van der Waals surface area contributed by atoms with Crippen LogP contribution in [0.3, 0.4) is 0 Å². The number of rotatable bonds is 5. The zero-order valence-electron chi connectivity index (χ0n) is 18.5. The third-order valence-corrected chi connectivity index (χ3v) is 9.08. The molecule has 33 heavy (non-hydrogen) atoms. The van der Waals surface area contributed by atoms with Crippen molar-refractivity contribution >= 4 is 33.5 Å². The van der Waals surface area contributed by atoms with Crippen LogP contribution in [-0.2, 0) is 21.5 Å². The second-order valence-corrected chi connectivity index (χ2v) is 11.3. The fourth-order valence-corrected chi connectivity index (χ4v) is 6.88. The number of aryl methyl sites for hydroxylation is 1. The van der Waals surface area contributed by atoms with Crippen LogP contribution < -0.4 is 5.32 Å². The van der Waals surface area contributed by atoms with Crippen LogP contribution in [0.5, 0.6) is 0 Å². The molecule has 2 aliphatic rings. The highest BCUT2D eigenvalue weighted by atomic mass is 32.2. The molecule has 2 aromatic carbocycles. The average Bonchev–Trinajstić information content (AvgIpc) is 3.43. The van der Waals surface area contributed by atoms with E-state index in [4.69, 9.17) is 5.10 Å². The fraction of sp³-hybridized carbons (Fsp3) is 0.333. The smallest absolute Gasteiger partial charge is 0.256 e. The largest absolute Gasteiger partial charge is 0.306 e. The van der Waals surface area contributed by atoms with Crippen LogP contribution in [0.15, 0.2) is 53.4 Å². The maximum absolute atomic E-state index is 13.1. The topological polar surface area (TPSA) is 84.3 Å². The van der Waals surface area contributed by atoms with Crippen molar-refractivity contribution in [1.29, 1.82) is 0 Å². The fourth-order valence-electron chi connectivity index (χ4n) is 4.33. The van der Waals surface area contributed by atoms with Crippen molar-refractivity contribution in [3.63, 3.8) is 0 Å². The van der Waals surface area contributed by atoms with E-state index in [-0.39, 0.29) is 10.8 Å². The number of amides is 1. The van der Waals surface area contributed by atoms with Crippen LogP contribution >= 0.6 is 11.8 Å². The first kappa shape index (κ1) is 22.2. The molecule has 0 bridgehead atoms. The van der Waals surface area contributed by atoms with Crippen molar-refractivity contribution in [1.82, 2.24) is 14.1 Å². The summed E-state index contributed by atoms with van der Waals surface area (Å²) in [5, 5.41) is 7.81.